The summed E-state index contributed by atoms with van der Waals surface area (Å²) in [5.41, 5.74) is 2.92. The Labute approximate surface area is 156 Å². The Hall–Kier alpha value is -2.37. The molecule has 2 heterocycles. The van der Waals surface area contributed by atoms with E-state index in [4.69, 9.17) is 20.8 Å². The molecular formula is C20H19ClN2O3. The van der Waals surface area contributed by atoms with Crippen LogP contribution in [-0.4, -0.2) is 30.1 Å². The van der Waals surface area contributed by atoms with Gasteiger partial charge in [0.05, 0.1) is 6.10 Å². The molecule has 1 aliphatic rings. The molecule has 1 fully saturated rings. The molecule has 1 amide bonds. The van der Waals surface area contributed by atoms with E-state index in [0.717, 1.165) is 30.5 Å². The number of nitrogens with zero attached hydrogens (tertiary/aromatic N) is 1. The third kappa shape index (κ3) is 3.89. The first kappa shape index (κ1) is 17.1. The number of rotatable bonds is 5. The maximum absolute atomic E-state index is 12.3. The van der Waals surface area contributed by atoms with Gasteiger partial charge in [-0.2, -0.15) is 0 Å². The summed E-state index contributed by atoms with van der Waals surface area (Å²) in [6.45, 7) is 1.31. The molecule has 26 heavy (non-hydrogen) atoms. The molecule has 0 aliphatic carbocycles. The van der Waals surface area contributed by atoms with Gasteiger partial charge >= 0.3 is 0 Å². The molecule has 2 aromatic carbocycles. The Bertz CT molecular complexity index is 932. The van der Waals surface area contributed by atoms with E-state index < -0.39 is 0 Å². The van der Waals surface area contributed by atoms with Crippen molar-refractivity contribution in [1.29, 1.82) is 0 Å². The Morgan fingerprint density at radius 3 is 3.00 bits per heavy atom. The predicted octanol–water partition coefficient (Wildman–Crippen LogP) is 3.98. The maximum atomic E-state index is 12.3. The third-order valence-electron chi connectivity index (χ3n) is 4.45. The van der Waals surface area contributed by atoms with Gasteiger partial charge < -0.3 is 14.5 Å². The van der Waals surface area contributed by atoms with Crippen LogP contribution < -0.4 is 5.32 Å². The minimum absolute atomic E-state index is 0.122. The number of ether oxygens (including phenoxy) is 1. The number of hydrogen-bond acceptors (Lipinski definition) is 4. The number of hydrogen-bond donors (Lipinski definition) is 1. The summed E-state index contributed by atoms with van der Waals surface area (Å²) in [6, 6.07) is 12.9. The number of aromatic nitrogens is 1. The van der Waals surface area contributed by atoms with Crippen LogP contribution in [0, 0.1) is 0 Å². The van der Waals surface area contributed by atoms with Gasteiger partial charge in [-0.15, -0.1) is 0 Å². The molecule has 1 saturated heterocycles. The van der Waals surface area contributed by atoms with Crippen molar-refractivity contribution in [2.45, 2.75) is 25.4 Å². The highest BCUT2D eigenvalue weighted by atomic mass is 35.5. The molecule has 0 radical (unpaired) electrons. The van der Waals surface area contributed by atoms with Crippen molar-refractivity contribution >= 4 is 28.6 Å². The summed E-state index contributed by atoms with van der Waals surface area (Å²) in [4.78, 5) is 16.8. The Morgan fingerprint density at radius 1 is 1.27 bits per heavy atom. The number of carbonyl (C=O) groups is 1. The lowest BCUT2D eigenvalue weighted by molar-refractivity contribution is 0.0858. The molecule has 1 N–H and O–H groups in total. The largest absolute Gasteiger partial charge is 0.440 e. The van der Waals surface area contributed by atoms with E-state index >= 15 is 0 Å². The number of amides is 1. The molecule has 3 aromatic rings. The van der Waals surface area contributed by atoms with E-state index in [9.17, 15) is 4.79 Å². The van der Waals surface area contributed by atoms with E-state index in [1.165, 1.54) is 0 Å². The molecule has 1 atom stereocenters. The summed E-state index contributed by atoms with van der Waals surface area (Å²) in [7, 11) is 0. The van der Waals surface area contributed by atoms with Gasteiger partial charge in [0.15, 0.2) is 11.5 Å². The van der Waals surface area contributed by atoms with E-state index in [-0.39, 0.29) is 12.0 Å². The van der Waals surface area contributed by atoms with Gasteiger partial charge in [-0.05, 0) is 48.7 Å². The quantitative estimate of drug-likeness (QED) is 0.737. The smallest absolute Gasteiger partial charge is 0.251 e. The van der Waals surface area contributed by atoms with Gasteiger partial charge in [0.2, 0.25) is 0 Å². The predicted molar refractivity (Wildman–Crippen MR) is 99.6 cm³/mol. The van der Waals surface area contributed by atoms with Crippen LogP contribution in [0.25, 0.3) is 11.1 Å². The molecule has 0 spiro atoms. The lowest BCUT2D eigenvalue weighted by atomic mass is 10.1. The average molecular weight is 371 g/mol. The zero-order chi connectivity index (χ0) is 17.9. The van der Waals surface area contributed by atoms with E-state index in [1.807, 2.05) is 24.3 Å². The van der Waals surface area contributed by atoms with E-state index in [2.05, 4.69) is 10.3 Å². The van der Waals surface area contributed by atoms with Gasteiger partial charge in [0.1, 0.15) is 5.52 Å². The average Bonchev–Trinajstić information content (AvgIpc) is 3.28. The van der Waals surface area contributed by atoms with Crippen LogP contribution in [0.1, 0.15) is 34.7 Å². The van der Waals surface area contributed by atoms with Crippen LogP contribution in [0.15, 0.2) is 46.9 Å². The summed E-state index contributed by atoms with van der Waals surface area (Å²) >= 11 is 6.02. The van der Waals surface area contributed by atoms with Gasteiger partial charge in [0, 0.05) is 30.2 Å². The Kier molecular flexibility index (Phi) is 4.91. The van der Waals surface area contributed by atoms with Crippen molar-refractivity contribution in [3.05, 3.63) is 64.5 Å². The van der Waals surface area contributed by atoms with Crippen LogP contribution in [-0.2, 0) is 11.2 Å². The first-order valence-corrected chi connectivity index (χ1v) is 9.09. The topological polar surface area (TPSA) is 64.4 Å². The van der Waals surface area contributed by atoms with Crippen molar-refractivity contribution in [1.82, 2.24) is 10.3 Å². The number of fused-ring (bicyclic) bond motifs is 1. The second kappa shape index (κ2) is 7.48. The highest BCUT2D eigenvalue weighted by Crippen LogP contribution is 2.21. The molecule has 0 unspecified atom stereocenters. The first-order valence-electron chi connectivity index (χ1n) is 8.71. The fourth-order valence-corrected chi connectivity index (χ4v) is 3.34. The lowest BCUT2D eigenvalue weighted by Crippen LogP contribution is -2.31. The summed E-state index contributed by atoms with van der Waals surface area (Å²) < 4.78 is 11.3. The minimum atomic E-state index is -0.129. The Morgan fingerprint density at radius 2 is 2.19 bits per heavy atom. The molecule has 5 nitrogen and oxygen atoms in total. The van der Waals surface area contributed by atoms with E-state index in [1.54, 1.807) is 18.2 Å². The van der Waals surface area contributed by atoms with Crippen molar-refractivity contribution in [3.8, 4) is 0 Å². The highest BCUT2D eigenvalue weighted by molar-refractivity contribution is 6.30. The van der Waals surface area contributed by atoms with E-state index in [0.29, 0.717) is 35.0 Å². The molecule has 6 heteroatoms. The number of benzene rings is 2. The second-order valence-electron chi connectivity index (χ2n) is 6.44. The molecule has 0 saturated carbocycles. The molecule has 1 aliphatic heterocycles. The monoisotopic (exact) mass is 370 g/mol. The Balaban J connectivity index is 1.47. The van der Waals surface area contributed by atoms with Gasteiger partial charge in [-0.25, -0.2) is 4.98 Å². The molecule has 4 rings (SSSR count). The molecular weight excluding hydrogens is 352 g/mol. The number of nitrogens with one attached hydrogen (secondary N) is 1. The normalized spacial score (nSPS) is 16.9. The van der Waals surface area contributed by atoms with Crippen LogP contribution in [0.3, 0.4) is 0 Å². The maximum Gasteiger partial charge on any atom is 0.251 e. The highest BCUT2D eigenvalue weighted by Gasteiger charge is 2.17. The molecule has 0 bridgehead atoms. The summed E-state index contributed by atoms with van der Waals surface area (Å²) in [6.07, 6.45) is 2.72. The van der Waals surface area contributed by atoms with Crippen LogP contribution in [0.5, 0.6) is 0 Å². The van der Waals surface area contributed by atoms with Crippen LogP contribution in [0.2, 0.25) is 5.02 Å². The van der Waals surface area contributed by atoms with Gasteiger partial charge in [-0.1, -0.05) is 23.7 Å². The molecule has 134 valence electrons. The molecule has 1 aromatic heterocycles. The van der Waals surface area contributed by atoms with Crippen molar-refractivity contribution < 1.29 is 13.9 Å². The zero-order valence-electron chi connectivity index (χ0n) is 14.2. The SMILES string of the molecule is O=C(NC[C@@H]1CCCO1)c1ccc2nc(Cc3cccc(Cl)c3)oc2c1. The fourth-order valence-electron chi connectivity index (χ4n) is 3.12. The number of halogens is 1. The van der Waals surface area contributed by atoms with Crippen molar-refractivity contribution in [3.63, 3.8) is 0 Å². The van der Waals surface area contributed by atoms with Gasteiger partial charge in [-0.3, -0.25) is 4.79 Å². The summed E-state index contributed by atoms with van der Waals surface area (Å²) in [5, 5.41) is 3.60. The number of carbonyl (C=O) groups excluding carboxylic acids is 1. The van der Waals surface area contributed by atoms with Crippen molar-refractivity contribution in [2.75, 3.05) is 13.2 Å². The second-order valence-corrected chi connectivity index (χ2v) is 6.88. The fraction of sp³-hybridized carbons (Fsp3) is 0.300. The number of oxazole rings is 1. The standard InChI is InChI=1S/C20H19ClN2O3/c21-15-4-1-3-13(9-15)10-19-23-17-7-6-14(11-18(17)26-19)20(24)22-12-16-5-2-8-25-16/h1,3-4,6-7,9,11,16H,2,5,8,10,12H2,(H,22,24)/t16-/m0/s1. The van der Waals surface area contributed by atoms with Crippen LogP contribution in [0.4, 0.5) is 0 Å². The lowest BCUT2D eigenvalue weighted by Gasteiger charge is -2.10. The van der Waals surface area contributed by atoms with Crippen molar-refractivity contribution in [2.24, 2.45) is 0 Å². The van der Waals surface area contributed by atoms with Gasteiger partial charge in [0.25, 0.3) is 5.91 Å². The third-order valence-corrected chi connectivity index (χ3v) is 4.69. The minimum Gasteiger partial charge on any atom is -0.440 e. The zero-order valence-corrected chi connectivity index (χ0v) is 15.0. The van der Waals surface area contributed by atoms with Crippen LogP contribution >= 0.6 is 11.6 Å². The first-order chi connectivity index (χ1) is 12.7. The summed E-state index contributed by atoms with van der Waals surface area (Å²) in [5.74, 6) is 0.467.